The third kappa shape index (κ3) is 3.63. The van der Waals surface area contributed by atoms with Gasteiger partial charge in [0, 0.05) is 29.3 Å². The number of phenolic OH excluding ortho intramolecular Hbond substituents is 1. The van der Waals surface area contributed by atoms with Crippen molar-refractivity contribution in [3.63, 3.8) is 0 Å². The van der Waals surface area contributed by atoms with Crippen LogP contribution in [0.3, 0.4) is 0 Å². The minimum absolute atomic E-state index is 0.112. The largest absolute Gasteiger partial charge is 0.508 e. The maximum atomic E-state index is 10.1. The number of benzene rings is 2. The fraction of sp³-hybridized carbons (Fsp3) is 0.348. The molecule has 1 spiro atoms. The molecule has 2 aromatic carbocycles. The lowest BCUT2D eigenvalue weighted by molar-refractivity contribution is 0.103. The number of aliphatic imine (C=N–C) groups is 1. The Kier molecular flexibility index (Phi) is 4.88. The molecular formula is C23H26N2O2S. The summed E-state index contributed by atoms with van der Waals surface area (Å²) < 4.78 is 6.34. The van der Waals surface area contributed by atoms with Crippen LogP contribution in [0.1, 0.15) is 43.9 Å². The summed E-state index contributed by atoms with van der Waals surface area (Å²) in [5.41, 5.74) is 1.66. The van der Waals surface area contributed by atoms with Gasteiger partial charge in [-0.1, -0.05) is 48.2 Å². The molecule has 28 heavy (non-hydrogen) atoms. The van der Waals surface area contributed by atoms with Gasteiger partial charge in [-0.05, 0) is 38.0 Å². The lowest BCUT2D eigenvalue weighted by Gasteiger charge is -2.47. The van der Waals surface area contributed by atoms with Crippen molar-refractivity contribution < 1.29 is 9.84 Å². The summed E-state index contributed by atoms with van der Waals surface area (Å²) in [7, 11) is 0. The summed E-state index contributed by atoms with van der Waals surface area (Å²) in [5.74, 6) is 1.73. The zero-order chi connectivity index (χ0) is 19.8. The Labute approximate surface area is 170 Å². The summed E-state index contributed by atoms with van der Waals surface area (Å²) in [4.78, 5) is 5.21. The Morgan fingerprint density at radius 1 is 1.29 bits per heavy atom. The normalized spacial score (nSPS) is 25.2. The van der Waals surface area contributed by atoms with Gasteiger partial charge in [0.15, 0.2) is 5.17 Å². The predicted octanol–water partition coefficient (Wildman–Crippen LogP) is 5.16. The Hall–Kier alpha value is -2.40. The van der Waals surface area contributed by atoms with E-state index < -0.39 is 5.54 Å². The highest BCUT2D eigenvalue weighted by Crippen LogP contribution is 2.52. The van der Waals surface area contributed by atoms with Crippen molar-refractivity contribution in [3.8, 4) is 11.5 Å². The maximum Gasteiger partial charge on any atom is 0.158 e. The van der Waals surface area contributed by atoms with Gasteiger partial charge in [-0.2, -0.15) is 0 Å². The number of fused-ring (bicyclic) bond motifs is 2. The smallest absolute Gasteiger partial charge is 0.158 e. The van der Waals surface area contributed by atoms with Gasteiger partial charge >= 0.3 is 0 Å². The van der Waals surface area contributed by atoms with Crippen LogP contribution >= 0.6 is 11.8 Å². The molecule has 2 N–H and O–H groups in total. The molecule has 5 heteroatoms. The minimum Gasteiger partial charge on any atom is -0.508 e. The van der Waals surface area contributed by atoms with Crippen molar-refractivity contribution in [1.82, 2.24) is 5.32 Å². The highest BCUT2D eigenvalue weighted by Gasteiger charge is 2.48. The van der Waals surface area contributed by atoms with E-state index in [9.17, 15) is 5.11 Å². The number of ether oxygens (including phenoxy) is 1. The van der Waals surface area contributed by atoms with E-state index >= 15 is 0 Å². The third-order valence-corrected chi connectivity index (χ3v) is 6.13. The molecule has 0 amide bonds. The molecule has 2 heterocycles. The number of rotatable bonds is 3. The van der Waals surface area contributed by atoms with Gasteiger partial charge < -0.3 is 15.2 Å². The highest BCUT2D eigenvalue weighted by molar-refractivity contribution is 8.13. The standard InChI is InChI=1S/C23H26N2O2S/c1-4-12-28-21-24-22(2,3)15-23(25-21)14-20(16-8-6-5-7-9-16)27-19-13-17(26)10-11-18(19)23/h4-11,13,20,26H,1,12,14-15H2,2-3H3,(H,24,25)/t20-,23+/m1/s1. The fourth-order valence-corrected chi connectivity index (χ4v) is 5.13. The van der Waals surface area contributed by atoms with Crippen molar-refractivity contribution >= 4 is 16.9 Å². The molecule has 2 aliphatic heterocycles. The molecule has 0 saturated heterocycles. The Morgan fingerprint density at radius 3 is 2.82 bits per heavy atom. The number of hydrogen-bond acceptors (Lipinski definition) is 5. The first-order valence-electron chi connectivity index (χ1n) is 9.58. The predicted molar refractivity (Wildman–Crippen MR) is 116 cm³/mol. The molecule has 0 fully saturated rings. The van der Waals surface area contributed by atoms with Gasteiger partial charge in [0.25, 0.3) is 0 Å². The Morgan fingerprint density at radius 2 is 2.07 bits per heavy atom. The second-order valence-electron chi connectivity index (χ2n) is 8.14. The summed E-state index contributed by atoms with van der Waals surface area (Å²) in [6, 6.07) is 15.7. The van der Waals surface area contributed by atoms with Crippen LogP contribution in [-0.4, -0.2) is 21.6 Å². The van der Waals surface area contributed by atoms with E-state index in [0.29, 0.717) is 0 Å². The molecule has 0 radical (unpaired) electrons. The van der Waals surface area contributed by atoms with Gasteiger partial charge in [0.05, 0.1) is 5.54 Å². The van der Waals surface area contributed by atoms with Crippen molar-refractivity contribution in [2.75, 3.05) is 5.75 Å². The van der Waals surface area contributed by atoms with Crippen LogP contribution in [0.5, 0.6) is 11.5 Å². The van der Waals surface area contributed by atoms with E-state index in [4.69, 9.17) is 9.73 Å². The van der Waals surface area contributed by atoms with Crippen LogP contribution in [-0.2, 0) is 5.54 Å². The van der Waals surface area contributed by atoms with E-state index in [1.54, 1.807) is 23.9 Å². The number of thioether (sulfide) groups is 1. The van der Waals surface area contributed by atoms with Crippen LogP contribution in [0.25, 0.3) is 0 Å². The van der Waals surface area contributed by atoms with Crippen LogP contribution in [0.15, 0.2) is 66.2 Å². The molecule has 4 nitrogen and oxygen atoms in total. The number of amidine groups is 1. The van der Waals surface area contributed by atoms with Crippen LogP contribution < -0.4 is 10.1 Å². The second-order valence-corrected chi connectivity index (χ2v) is 9.14. The monoisotopic (exact) mass is 394 g/mol. The van der Waals surface area contributed by atoms with Gasteiger partial charge in [-0.25, -0.2) is 0 Å². The Bertz CT molecular complexity index is 910. The SMILES string of the molecule is C=CCSC1=N[C@@]2(C[C@H](c3ccccc3)Oc3cc(O)ccc32)CC(C)(C)N1. The zero-order valence-corrected chi connectivity index (χ0v) is 17.1. The van der Waals surface area contributed by atoms with Crippen LogP contribution in [0.2, 0.25) is 0 Å². The average molecular weight is 395 g/mol. The first-order valence-corrected chi connectivity index (χ1v) is 10.6. The first-order chi connectivity index (χ1) is 13.4. The highest BCUT2D eigenvalue weighted by atomic mass is 32.2. The molecule has 2 aliphatic rings. The number of hydrogen-bond donors (Lipinski definition) is 2. The number of aromatic hydroxyl groups is 1. The number of nitrogens with one attached hydrogen (secondary N) is 1. The average Bonchev–Trinajstić information content (AvgIpc) is 2.65. The fourth-order valence-electron chi connectivity index (χ4n) is 4.26. The number of nitrogens with zero attached hydrogens (tertiary/aromatic N) is 1. The summed E-state index contributed by atoms with van der Waals surface area (Å²) >= 11 is 1.67. The molecule has 2 aromatic rings. The lowest BCUT2D eigenvalue weighted by atomic mass is 9.72. The zero-order valence-electron chi connectivity index (χ0n) is 16.3. The summed E-state index contributed by atoms with van der Waals surface area (Å²) in [6.07, 6.45) is 3.39. The second kappa shape index (κ2) is 7.21. The molecule has 0 saturated carbocycles. The van der Waals surface area contributed by atoms with Gasteiger partial charge in [-0.15, -0.1) is 6.58 Å². The van der Waals surface area contributed by atoms with Crippen molar-refractivity contribution in [3.05, 3.63) is 72.3 Å². The maximum absolute atomic E-state index is 10.1. The molecule has 4 rings (SSSR count). The molecule has 0 bridgehead atoms. The van der Waals surface area contributed by atoms with Crippen molar-refractivity contribution in [2.24, 2.45) is 4.99 Å². The Balaban J connectivity index is 1.84. The van der Waals surface area contributed by atoms with Crippen LogP contribution in [0, 0.1) is 0 Å². The molecule has 0 aliphatic carbocycles. The lowest BCUT2D eigenvalue weighted by Crippen LogP contribution is -2.53. The molecule has 0 aromatic heterocycles. The van der Waals surface area contributed by atoms with Gasteiger partial charge in [-0.3, -0.25) is 4.99 Å². The summed E-state index contributed by atoms with van der Waals surface area (Å²) in [6.45, 7) is 8.26. The van der Waals surface area contributed by atoms with E-state index in [0.717, 1.165) is 40.6 Å². The van der Waals surface area contributed by atoms with Gasteiger partial charge in [0.1, 0.15) is 17.6 Å². The van der Waals surface area contributed by atoms with E-state index in [1.807, 2.05) is 30.3 Å². The van der Waals surface area contributed by atoms with E-state index in [2.05, 4.69) is 37.9 Å². The topological polar surface area (TPSA) is 53.9 Å². The summed E-state index contributed by atoms with van der Waals surface area (Å²) in [5, 5.41) is 14.6. The quantitative estimate of drug-likeness (QED) is 0.706. The molecular weight excluding hydrogens is 368 g/mol. The third-order valence-electron chi connectivity index (χ3n) is 5.26. The molecule has 146 valence electrons. The van der Waals surface area contributed by atoms with E-state index in [-0.39, 0.29) is 17.4 Å². The van der Waals surface area contributed by atoms with E-state index in [1.165, 1.54) is 0 Å². The molecule has 2 atom stereocenters. The van der Waals surface area contributed by atoms with Crippen molar-refractivity contribution in [1.29, 1.82) is 0 Å². The molecule has 0 unspecified atom stereocenters. The van der Waals surface area contributed by atoms with Gasteiger partial charge in [0.2, 0.25) is 0 Å². The minimum atomic E-state index is -0.403. The first kappa shape index (κ1) is 18.9. The number of phenols is 1. The van der Waals surface area contributed by atoms with Crippen molar-refractivity contribution in [2.45, 2.75) is 43.9 Å². The van der Waals surface area contributed by atoms with Crippen LogP contribution in [0.4, 0.5) is 0 Å².